The fourth-order valence-corrected chi connectivity index (χ4v) is 1.97. The summed E-state index contributed by atoms with van der Waals surface area (Å²) in [6, 6.07) is 0. The summed E-state index contributed by atoms with van der Waals surface area (Å²) in [7, 11) is 0. The Balaban J connectivity index is 2.32. The van der Waals surface area contributed by atoms with Crippen LogP contribution >= 0.6 is 0 Å². The minimum absolute atomic E-state index is 0.0887. The summed E-state index contributed by atoms with van der Waals surface area (Å²) in [4.78, 5) is 0. The van der Waals surface area contributed by atoms with E-state index in [4.69, 9.17) is 15.2 Å². The Hall–Kier alpha value is -0.120. The highest BCUT2D eigenvalue weighted by atomic mass is 16.7. The lowest BCUT2D eigenvalue weighted by atomic mass is 10.0. The molecule has 2 N–H and O–H groups in total. The van der Waals surface area contributed by atoms with Crippen molar-refractivity contribution < 1.29 is 9.47 Å². The van der Waals surface area contributed by atoms with Crippen molar-refractivity contribution in [1.82, 2.24) is 0 Å². The molecule has 0 aliphatic heterocycles. The van der Waals surface area contributed by atoms with Crippen molar-refractivity contribution in [3.05, 3.63) is 0 Å². The highest BCUT2D eigenvalue weighted by Gasteiger charge is 2.37. The fraction of sp³-hybridized carbons (Fsp3) is 1.00. The van der Waals surface area contributed by atoms with Gasteiger partial charge < -0.3 is 15.2 Å². The number of hydrogen-bond acceptors (Lipinski definition) is 3. The lowest BCUT2D eigenvalue weighted by Gasteiger charge is -2.27. The van der Waals surface area contributed by atoms with E-state index in [1.807, 2.05) is 6.92 Å². The van der Waals surface area contributed by atoms with Crippen molar-refractivity contribution in [2.75, 3.05) is 19.9 Å². The second-order valence-corrected chi connectivity index (χ2v) is 3.99. The van der Waals surface area contributed by atoms with E-state index in [0.717, 1.165) is 18.8 Å². The molecule has 3 nitrogen and oxygen atoms in total. The summed E-state index contributed by atoms with van der Waals surface area (Å²) >= 11 is 0. The molecule has 3 heteroatoms. The molecule has 0 amide bonds. The maximum Gasteiger partial charge on any atom is 0.147 e. The molecule has 78 valence electrons. The molecule has 1 rings (SSSR count). The predicted molar refractivity (Wildman–Crippen MR) is 52.4 cm³/mol. The van der Waals surface area contributed by atoms with Gasteiger partial charge in [0.1, 0.15) is 6.79 Å². The molecule has 1 saturated carbocycles. The number of hydrogen-bond donors (Lipinski definition) is 1. The van der Waals surface area contributed by atoms with Crippen LogP contribution in [0, 0.1) is 5.92 Å². The predicted octanol–water partition coefficient (Wildman–Crippen LogP) is 1.51. The van der Waals surface area contributed by atoms with Gasteiger partial charge in [0.05, 0.1) is 5.60 Å². The quantitative estimate of drug-likeness (QED) is 0.524. The zero-order valence-electron chi connectivity index (χ0n) is 8.71. The summed E-state index contributed by atoms with van der Waals surface area (Å²) in [5, 5.41) is 0. The van der Waals surface area contributed by atoms with Crippen molar-refractivity contribution in [3.8, 4) is 0 Å². The van der Waals surface area contributed by atoms with Gasteiger partial charge in [-0.2, -0.15) is 0 Å². The molecule has 0 aromatic carbocycles. The molecule has 1 aliphatic carbocycles. The normalized spacial score (nSPS) is 33.9. The van der Waals surface area contributed by atoms with Crippen molar-refractivity contribution in [2.24, 2.45) is 11.7 Å². The minimum Gasteiger partial charge on any atom is -0.356 e. The Kier molecular flexibility index (Phi) is 4.16. The average molecular weight is 187 g/mol. The summed E-state index contributed by atoms with van der Waals surface area (Å²) in [6.45, 7) is 5.93. The van der Waals surface area contributed by atoms with Crippen molar-refractivity contribution in [3.63, 3.8) is 0 Å². The van der Waals surface area contributed by atoms with Gasteiger partial charge in [-0.15, -0.1) is 0 Å². The molecule has 0 heterocycles. The second-order valence-electron chi connectivity index (χ2n) is 3.99. The first-order chi connectivity index (χ1) is 6.22. The van der Waals surface area contributed by atoms with Crippen LogP contribution in [0.5, 0.6) is 0 Å². The standard InChI is InChI=1S/C10H21NO2/c1-3-12-8-13-10(7-11)5-4-9(2)6-10/h9H,3-8,11H2,1-2H3. The van der Waals surface area contributed by atoms with Crippen molar-refractivity contribution in [1.29, 1.82) is 0 Å². The lowest BCUT2D eigenvalue weighted by molar-refractivity contribution is -0.134. The van der Waals surface area contributed by atoms with Gasteiger partial charge in [-0.1, -0.05) is 6.92 Å². The van der Waals surface area contributed by atoms with Gasteiger partial charge in [0.2, 0.25) is 0 Å². The highest BCUT2D eigenvalue weighted by molar-refractivity contribution is 4.90. The molecule has 1 fully saturated rings. The smallest absolute Gasteiger partial charge is 0.147 e. The van der Waals surface area contributed by atoms with Gasteiger partial charge in [0.25, 0.3) is 0 Å². The van der Waals surface area contributed by atoms with Crippen molar-refractivity contribution >= 4 is 0 Å². The Morgan fingerprint density at radius 2 is 2.31 bits per heavy atom. The zero-order chi connectivity index (χ0) is 9.73. The van der Waals surface area contributed by atoms with Crippen LogP contribution in [0.1, 0.15) is 33.1 Å². The maximum atomic E-state index is 5.73. The molecule has 0 spiro atoms. The SMILES string of the molecule is CCOCOC1(CN)CCC(C)C1. The molecule has 0 bridgehead atoms. The number of ether oxygens (including phenoxy) is 2. The largest absolute Gasteiger partial charge is 0.356 e. The zero-order valence-corrected chi connectivity index (χ0v) is 8.71. The molecule has 0 saturated heterocycles. The molecule has 2 unspecified atom stereocenters. The molecule has 2 atom stereocenters. The van der Waals surface area contributed by atoms with Crippen LogP contribution in [-0.4, -0.2) is 25.5 Å². The first kappa shape index (κ1) is 11.0. The molecular weight excluding hydrogens is 166 g/mol. The van der Waals surface area contributed by atoms with Crippen LogP contribution in [0.15, 0.2) is 0 Å². The van der Waals surface area contributed by atoms with Crippen LogP contribution in [-0.2, 0) is 9.47 Å². The number of rotatable bonds is 5. The van der Waals surface area contributed by atoms with Gasteiger partial charge in [0, 0.05) is 13.2 Å². The van der Waals surface area contributed by atoms with E-state index >= 15 is 0 Å². The topological polar surface area (TPSA) is 44.5 Å². The molecular formula is C10H21NO2. The molecule has 13 heavy (non-hydrogen) atoms. The molecule has 0 aromatic rings. The summed E-state index contributed by atoms with van der Waals surface area (Å²) in [5.74, 6) is 0.741. The fourth-order valence-electron chi connectivity index (χ4n) is 1.97. The van der Waals surface area contributed by atoms with Gasteiger partial charge in [0.15, 0.2) is 0 Å². The minimum atomic E-state index is -0.0887. The molecule has 0 radical (unpaired) electrons. The summed E-state index contributed by atoms with van der Waals surface area (Å²) < 4.78 is 10.9. The van der Waals surface area contributed by atoms with Crippen molar-refractivity contribution in [2.45, 2.75) is 38.7 Å². The third kappa shape index (κ3) is 2.93. The van der Waals surface area contributed by atoms with Crippen LogP contribution in [0.25, 0.3) is 0 Å². The average Bonchev–Trinajstić information content (AvgIpc) is 2.49. The highest BCUT2D eigenvalue weighted by Crippen LogP contribution is 2.36. The second kappa shape index (κ2) is 4.94. The Morgan fingerprint density at radius 3 is 2.77 bits per heavy atom. The van der Waals surface area contributed by atoms with E-state index in [1.54, 1.807) is 0 Å². The van der Waals surface area contributed by atoms with Gasteiger partial charge in [-0.05, 0) is 32.1 Å². The van der Waals surface area contributed by atoms with Crippen LogP contribution in [0.4, 0.5) is 0 Å². The van der Waals surface area contributed by atoms with Gasteiger partial charge in [-0.3, -0.25) is 0 Å². The molecule has 1 aliphatic rings. The van der Waals surface area contributed by atoms with E-state index in [9.17, 15) is 0 Å². The first-order valence-electron chi connectivity index (χ1n) is 5.14. The van der Waals surface area contributed by atoms with E-state index in [1.165, 1.54) is 6.42 Å². The lowest BCUT2D eigenvalue weighted by Crippen LogP contribution is -2.38. The van der Waals surface area contributed by atoms with E-state index in [-0.39, 0.29) is 5.60 Å². The van der Waals surface area contributed by atoms with E-state index in [0.29, 0.717) is 19.9 Å². The maximum absolute atomic E-state index is 5.73. The Bertz CT molecular complexity index is 152. The van der Waals surface area contributed by atoms with Crippen LogP contribution < -0.4 is 5.73 Å². The number of nitrogens with two attached hydrogens (primary N) is 1. The monoisotopic (exact) mass is 187 g/mol. The molecule has 0 aromatic heterocycles. The third-order valence-corrected chi connectivity index (χ3v) is 2.84. The van der Waals surface area contributed by atoms with Crippen LogP contribution in [0.2, 0.25) is 0 Å². The van der Waals surface area contributed by atoms with Crippen LogP contribution in [0.3, 0.4) is 0 Å². The van der Waals surface area contributed by atoms with Gasteiger partial charge in [-0.25, -0.2) is 0 Å². The Morgan fingerprint density at radius 1 is 1.54 bits per heavy atom. The van der Waals surface area contributed by atoms with E-state index in [2.05, 4.69) is 6.92 Å². The summed E-state index contributed by atoms with van der Waals surface area (Å²) in [6.07, 6.45) is 3.39. The Labute approximate surface area is 80.6 Å². The van der Waals surface area contributed by atoms with Gasteiger partial charge >= 0.3 is 0 Å². The first-order valence-corrected chi connectivity index (χ1v) is 5.14. The third-order valence-electron chi connectivity index (χ3n) is 2.84. The summed E-state index contributed by atoms with van der Waals surface area (Å²) in [5.41, 5.74) is 5.64. The van der Waals surface area contributed by atoms with E-state index < -0.39 is 0 Å².